The second-order valence-corrected chi connectivity index (χ2v) is 5.29. The van der Waals surface area contributed by atoms with Gasteiger partial charge in [-0.25, -0.2) is 9.97 Å². The molecule has 0 bridgehead atoms. The maximum Gasteiger partial charge on any atom is 0.130 e. The van der Waals surface area contributed by atoms with Crippen molar-refractivity contribution in [2.45, 2.75) is 45.1 Å². The van der Waals surface area contributed by atoms with E-state index in [4.69, 9.17) is 0 Å². The first-order valence-electron chi connectivity index (χ1n) is 6.31. The van der Waals surface area contributed by atoms with E-state index in [9.17, 15) is 5.11 Å². The Labute approximate surface area is 102 Å². The molecule has 0 saturated heterocycles. The normalized spacial score (nSPS) is 29.0. The van der Waals surface area contributed by atoms with Crippen LogP contribution in [0.2, 0.25) is 0 Å². The van der Waals surface area contributed by atoms with Gasteiger partial charge in [-0.05, 0) is 38.5 Å². The summed E-state index contributed by atoms with van der Waals surface area (Å²) in [6.07, 6.45) is 5.91. The molecule has 4 nitrogen and oxygen atoms in total. The van der Waals surface area contributed by atoms with Crippen molar-refractivity contribution in [1.29, 1.82) is 0 Å². The molecule has 94 valence electrons. The fourth-order valence-corrected chi connectivity index (χ4v) is 2.43. The van der Waals surface area contributed by atoms with Gasteiger partial charge >= 0.3 is 0 Å². The Kier molecular flexibility index (Phi) is 3.62. The third-order valence-corrected chi connectivity index (χ3v) is 3.73. The lowest BCUT2D eigenvalue weighted by Gasteiger charge is -2.39. The van der Waals surface area contributed by atoms with Crippen LogP contribution in [0.15, 0.2) is 12.4 Å². The molecule has 17 heavy (non-hydrogen) atoms. The highest BCUT2D eigenvalue weighted by molar-refractivity contribution is 5.38. The Morgan fingerprint density at radius 2 is 2.12 bits per heavy atom. The van der Waals surface area contributed by atoms with Crippen molar-refractivity contribution in [2.75, 3.05) is 11.9 Å². The number of hydrogen-bond donors (Lipinski definition) is 2. The maximum atomic E-state index is 9.65. The number of nitrogens with one attached hydrogen (secondary N) is 1. The van der Waals surface area contributed by atoms with E-state index in [1.807, 2.05) is 13.0 Å². The van der Waals surface area contributed by atoms with Crippen molar-refractivity contribution < 1.29 is 5.11 Å². The zero-order valence-electron chi connectivity index (χ0n) is 10.6. The fraction of sp³-hybridized carbons (Fsp3) is 0.692. The van der Waals surface area contributed by atoms with Crippen LogP contribution in [0.3, 0.4) is 0 Å². The average Bonchev–Trinajstić information content (AvgIpc) is 2.33. The Bertz CT molecular complexity index is 373. The molecule has 1 aromatic heterocycles. The third kappa shape index (κ3) is 2.94. The van der Waals surface area contributed by atoms with Gasteiger partial charge < -0.3 is 10.4 Å². The molecule has 1 aliphatic rings. The predicted molar refractivity (Wildman–Crippen MR) is 67.8 cm³/mol. The molecule has 1 fully saturated rings. The highest BCUT2D eigenvalue weighted by Gasteiger charge is 2.33. The van der Waals surface area contributed by atoms with Crippen molar-refractivity contribution in [2.24, 2.45) is 5.92 Å². The minimum absolute atomic E-state index is 0.169. The molecule has 1 aliphatic carbocycles. The highest BCUT2D eigenvalue weighted by Crippen LogP contribution is 2.33. The largest absolute Gasteiger partial charge is 0.394 e. The zero-order valence-corrected chi connectivity index (χ0v) is 10.6. The SMILES string of the molecule is Cc1cc(NC2(CO)CCC(C)CC2)ncn1. The number of aliphatic hydroxyl groups is 1. The standard InChI is InChI=1S/C13H21N3O/c1-10-3-5-13(8-17,6-4-10)16-12-7-11(2)14-9-15-12/h7,9-10,17H,3-6,8H2,1-2H3,(H,14,15,16). The van der Waals surface area contributed by atoms with Crippen LogP contribution in [0.5, 0.6) is 0 Å². The lowest BCUT2D eigenvalue weighted by molar-refractivity contribution is 0.155. The summed E-state index contributed by atoms with van der Waals surface area (Å²) < 4.78 is 0. The summed E-state index contributed by atoms with van der Waals surface area (Å²) in [7, 11) is 0. The second kappa shape index (κ2) is 5.00. The molecule has 4 heteroatoms. The first-order valence-corrected chi connectivity index (χ1v) is 6.31. The number of anilines is 1. The van der Waals surface area contributed by atoms with Crippen LogP contribution in [0.1, 0.15) is 38.3 Å². The van der Waals surface area contributed by atoms with E-state index >= 15 is 0 Å². The minimum Gasteiger partial charge on any atom is -0.394 e. The summed E-state index contributed by atoms with van der Waals surface area (Å²) in [5.41, 5.74) is 0.757. The van der Waals surface area contributed by atoms with E-state index in [0.717, 1.165) is 43.1 Å². The second-order valence-electron chi connectivity index (χ2n) is 5.29. The number of aryl methyl sites for hydroxylation is 1. The molecule has 0 aliphatic heterocycles. The van der Waals surface area contributed by atoms with Gasteiger partial charge in [0, 0.05) is 11.8 Å². The summed E-state index contributed by atoms with van der Waals surface area (Å²) in [6, 6.07) is 1.93. The summed E-state index contributed by atoms with van der Waals surface area (Å²) >= 11 is 0. The zero-order chi connectivity index (χ0) is 12.3. The van der Waals surface area contributed by atoms with Crippen LogP contribution in [0, 0.1) is 12.8 Å². The topological polar surface area (TPSA) is 58.0 Å². The van der Waals surface area contributed by atoms with Crippen molar-refractivity contribution in [3.8, 4) is 0 Å². The molecule has 0 spiro atoms. The number of rotatable bonds is 3. The van der Waals surface area contributed by atoms with Crippen LogP contribution in [0.4, 0.5) is 5.82 Å². The predicted octanol–water partition coefficient (Wildman–Crippen LogP) is 2.14. The van der Waals surface area contributed by atoms with E-state index in [1.165, 1.54) is 0 Å². The lowest BCUT2D eigenvalue weighted by atomic mass is 9.77. The van der Waals surface area contributed by atoms with Crippen molar-refractivity contribution in [1.82, 2.24) is 9.97 Å². The number of hydrogen-bond acceptors (Lipinski definition) is 4. The van der Waals surface area contributed by atoms with E-state index in [1.54, 1.807) is 6.33 Å². The van der Waals surface area contributed by atoms with E-state index in [0.29, 0.717) is 0 Å². The van der Waals surface area contributed by atoms with Crippen molar-refractivity contribution in [3.63, 3.8) is 0 Å². The lowest BCUT2D eigenvalue weighted by Crippen LogP contribution is -2.45. The maximum absolute atomic E-state index is 9.65. The molecule has 2 N–H and O–H groups in total. The molecule has 0 radical (unpaired) electrons. The number of aromatic nitrogens is 2. The van der Waals surface area contributed by atoms with Gasteiger partial charge in [-0.1, -0.05) is 6.92 Å². The molecule has 0 atom stereocenters. The molecule has 0 amide bonds. The van der Waals surface area contributed by atoms with Crippen LogP contribution in [0.25, 0.3) is 0 Å². The number of aliphatic hydroxyl groups excluding tert-OH is 1. The first kappa shape index (κ1) is 12.3. The minimum atomic E-state index is -0.187. The monoisotopic (exact) mass is 235 g/mol. The molecule has 1 aromatic rings. The fourth-order valence-electron chi connectivity index (χ4n) is 2.43. The van der Waals surface area contributed by atoms with Gasteiger partial charge in [0.25, 0.3) is 0 Å². The van der Waals surface area contributed by atoms with Gasteiger partial charge in [0.1, 0.15) is 12.1 Å². The molecular formula is C13H21N3O. The van der Waals surface area contributed by atoms with Gasteiger partial charge in [-0.3, -0.25) is 0 Å². The molecule has 0 unspecified atom stereocenters. The quantitative estimate of drug-likeness (QED) is 0.842. The van der Waals surface area contributed by atoms with Crippen LogP contribution < -0.4 is 5.32 Å². The molecular weight excluding hydrogens is 214 g/mol. The van der Waals surface area contributed by atoms with Crippen LogP contribution in [-0.2, 0) is 0 Å². The molecule has 1 heterocycles. The van der Waals surface area contributed by atoms with Gasteiger partial charge in [0.2, 0.25) is 0 Å². The summed E-state index contributed by atoms with van der Waals surface area (Å²) in [5.74, 6) is 1.59. The molecule has 0 aromatic carbocycles. The number of nitrogens with zero attached hydrogens (tertiary/aromatic N) is 2. The Hall–Kier alpha value is -1.16. The van der Waals surface area contributed by atoms with E-state index in [2.05, 4.69) is 22.2 Å². The van der Waals surface area contributed by atoms with Crippen molar-refractivity contribution in [3.05, 3.63) is 18.1 Å². The molecule has 2 rings (SSSR count). The Morgan fingerprint density at radius 1 is 1.41 bits per heavy atom. The Morgan fingerprint density at radius 3 is 2.71 bits per heavy atom. The van der Waals surface area contributed by atoms with E-state index in [-0.39, 0.29) is 12.1 Å². The third-order valence-electron chi connectivity index (χ3n) is 3.73. The van der Waals surface area contributed by atoms with Gasteiger partial charge in [0.05, 0.1) is 12.1 Å². The first-order chi connectivity index (χ1) is 8.13. The van der Waals surface area contributed by atoms with Crippen molar-refractivity contribution >= 4 is 5.82 Å². The summed E-state index contributed by atoms with van der Waals surface area (Å²) in [6.45, 7) is 4.39. The van der Waals surface area contributed by atoms with Gasteiger partial charge in [-0.2, -0.15) is 0 Å². The van der Waals surface area contributed by atoms with Gasteiger partial charge in [-0.15, -0.1) is 0 Å². The van der Waals surface area contributed by atoms with Crippen LogP contribution >= 0.6 is 0 Å². The summed E-state index contributed by atoms with van der Waals surface area (Å²) in [5, 5.41) is 13.1. The van der Waals surface area contributed by atoms with Gasteiger partial charge in [0.15, 0.2) is 0 Å². The molecule has 1 saturated carbocycles. The Balaban J connectivity index is 2.09. The van der Waals surface area contributed by atoms with E-state index < -0.39 is 0 Å². The highest BCUT2D eigenvalue weighted by atomic mass is 16.3. The smallest absolute Gasteiger partial charge is 0.130 e. The van der Waals surface area contributed by atoms with Crippen LogP contribution in [-0.4, -0.2) is 27.2 Å². The average molecular weight is 235 g/mol. The summed E-state index contributed by atoms with van der Waals surface area (Å²) in [4.78, 5) is 8.29.